The fourth-order valence-electron chi connectivity index (χ4n) is 8.69. The predicted octanol–water partition coefficient (Wildman–Crippen LogP) is 18.3. The maximum absolute atomic E-state index is 4.72. The summed E-state index contributed by atoms with van der Waals surface area (Å²) < 4.78 is 1.83. The van der Waals surface area contributed by atoms with Gasteiger partial charge in [0.1, 0.15) is 11.6 Å². The molecule has 1 N–H and O–H groups in total. The molecule has 0 saturated carbocycles. The van der Waals surface area contributed by atoms with Crippen molar-refractivity contribution in [1.82, 2.24) is 34.7 Å². The van der Waals surface area contributed by atoms with Gasteiger partial charge in [-0.3, -0.25) is 9.67 Å². The second-order valence-electron chi connectivity index (χ2n) is 20.6. The van der Waals surface area contributed by atoms with Crippen LogP contribution in [-0.2, 0) is 7.05 Å². The first-order valence-corrected chi connectivity index (χ1v) is 25.5. The van der Waals surface area contributed by atoms with E-state index in [2.05, 4.69) is 205 Å². The Bertz CT molecular complexity index is 2390. The van der Waals surface area contributed by atoms with Gasteiger partial charge in [0.2, 0.25) is 0 Å². The summed E-state index contributed by atoms with van der Waals surface area (Å²) in [6, 6.07) is 1.97. The molecule has 0 aliphatic carbocycles. The number of rotatable bonds is 4. The van der Waals surface area contributed by atoms with Crippen LogP contribution in [0.25, 0.3) is 11.0 Å². The molecule has 6 rings (SSSR count). The molecule has 2 aromatic carbocycles. The molecule has 0 radical (unpaired) electrons. The summed E-state index contributed by atoms with van der Waals surface area (Å²) in [6.07, 6.45) is 1.79. The minimum Gasteiger partial charge on any atom is -0.342 e. The highest BCUT2D eigenvalue weighted by atomic mass is 15.2. The van der Waals surface area contributed by atoms with Crippen LogP contribution in [0.5, 0.6) is 0 Å². The van der Waals surface area contributed by atoms with E-state index in [9.17, 15) is 0 Å². The second-order valence-corrected chi connectivity index (χ2v) is 20.6. The highest BCUT2D eigenvalue weighted by Gasteiger charge is 2.16. The van der Waals surface area contributed by atoms with Crippen LogP contribution in [0.15, 0.2) is 12.3 Å². The number of hydrogen-bond acceptors (Lipinski definition) is 5. The Morgan fingerprint density at radius 3 is 1.12 bits per heavy atom. The number of aryl methyl sites for hydroxylation is 9. The van der Waals surface area contributed by atoms with Crippen LogP contribution < -0.4 is 0 Å². The lowest BCUT2D eigenvalue weighted by atomic mass is 9.85. The van der Waals surface area contributed by atoms with Crippen molar-refractivity contribution in [2.24, 2.45) is 13.0 Å². The maximum atomic E-state index is 4.72. The highest BCUT2D eigenvalue weighted by Crippen LogP contribution is 2.32. The minimum absolute atomic E-state index is 0. The summed E-state index contributed by atoms with van der Waals surface area (Å²) in [5.74, 6) is 4.97. The molecule has 0 atom stereocenters. The molecule has 0 saturated heterocycles. The quantitative estimate of drug-likeness (QED) is 0.190. The Hall–Kier alpha value is -4.65. The smallest absolute Gasteiger partial charge is 0.125 e. The highest BCUT2D eigenvalue weighted by molar-refractivity contribution is 5.84. The lowest BCUT2D eigenvalue weighted by Crippen LogP contribution is -2.04. The van der Waals surface area contributed by atoms with E-state index in [0.717, 1.165) is 34.5 Å². The molecule has 4 aromatic heterocycles. The summed E-state index contributed by atoms with van der Waals surface area (Å²) in [6.45, 7) is 64.7. The van der Waals surface area contributed by atoms with Crippen molar-refractivity contribution >= 4 is 11.0 Å². The first-order chi connectivity index (χ1) is 31.3. The Morgan fingerprint density at radius 1 is 0.406 bits per heavy atom. The van der Waals surface area contributed by atoms with E-state index in [1.54, 1.807) is 11.8 Å². The lowest BCUT2D eigenvalue weighted by molar-refractivity contribution is 0.737. The molecule has 0 spiro atoms. The zero-order valence-electron chi connectivity index (χ0n) is 49.7. The molecule has 7 nitrogen and oxygen atoms in total. The number of benzene rings is 2. The number of pyridine rings is 1. The first-order valence-electron chi connectivity index (χ1n) is 25.5. The number of H-pyrrole nitrogens is 1. The van der Waals surface area contributed by atoms with Gasteiger partial charge in [-0.15, -0.1) is 0 Å². The van der Waals surface area contributed by atoms with Crippen LogP contribution in [0.2, 0.25) is 0 Å². The molecule has 0 amide bonds. The third-order valence-electron chi connectivity index (χ3n) is 13.2. The van der Waals surface area contributed by atoms with Crippen LogP contribution in [-0.4, -0.2) is 34.7 Å². The van der Waals surface area contributed by atoms with Gasteiger partial charge in [-0.2, -0.15) is 5.10 Å². The van der Waals surface area contributed by atoms with Gasteiger partial charge in [0.15, 0.2) is 0 Å². The number of imidazole rings is 1. The molecule has 0 bridgehead atoms. The van der Waals surface area contributed by atoms with E-state index in [-0.39, 0.29) is 7.43 Å². The fraction of sp³-hybridized carbons (Fsp3) is 0.597. The standard InChI is InChI=1S/C14H20N2.C14H22.C12H19N.C10H16N2.C5H8N2.C4H10.C2H6.CH4/c1-7(2)14-15-12-10(5)8(3)9(4)11(6)13(12)16-14;1-8(2)14-12(6)10(4)9(3)11(5)13(14)7;1-7(2)12-9(4)8(3)10(5)13-11(12)6;1-6(2)10-7(3)11-9(5)12-8(10)4;1-5-3-4-6-7(5)2;1-4(2)3;1-2;/h7H,1-6H3,(H,15,16);8H,1-7H3;7H,1-6H3;6H,1-5H3;3-4H,1-2H3;4H,1-3H3;1-2H3;1H4. The molecule has 69 heavy (non-hydrogen) atoms. The molecule has 6 aromatic rings. The Labute approximate surface area is 426 Å². The normalized spacial score (nSPS) is 10.5. The van der Waals surface area contributed by atoms with E-state index in [1.807, 2.05) is 45.5 Å². The van der Waals surface area contributed by atoms with E-state index in [4.69, 9.17) is 4.98 Å². The summed E-state index contributed by atoms with van der Waals surface area (Å²) in [7, 11) is 1.93. The maximum Gasteiger partial charge on any atom is 0.125 e. The van der Waals surface area contributed by atoms with Crippen LogP contribution in [0, 0.1) is 124 Å². The summed E-state index contributed by atoms with van der Waals surface area (Å²) >= 11 is 0. The average Bonchev–Trinajstić information content (AvgIpc) is 3.86. The van der Waals surface area contributed by atoms with Gasteiger partial charge in [-0.25, -0.2) is 15.0 Å². The van der Waals surface area contributed by atoms with Crippen molar-refractivity contribution in [3.63, 3.8) is 0 Å². The lowest BCUT2D eigenvalue weighted by Gasteiger charge is -2.21. The van der Waals surface area contributed by atoms with Crippen molar-refractivity contribution in [2.75, 3.05) is 0 Å². The van der Waals surface area contributed by atoms with Crippen molar-refractivity contribution < 1.29 is 0 Å². The molecule has 0 aliphatic heterocycles. The third kappa shape index (κ3) is 18.6. The first kappa shape index (κ1) is 66.4. The van der Waals surface area contributed by atoms with Crippen molar-refractivity contribution in [3.05, 3.63) is 130 Å². The van der Waals surface area contributed by atoms with Gasteiger partial charge in [0, 0.05) is 47.6 Å². The number of nitrogens with one attached hydrogen (secondary N) is 1. The third-order valence-corrected chi connectivity index (χ3v) is 13.2. The van der Waals surface area contributed by atoms with E-state index >= 15 is 0 Å². The van der Waals surface area contributed by atoms with Crippen LogP contribution in [0.4, 0.5) is 0 Å². The summed E-state index contributed by atoms with van der Waals surface area (Å²) in [5.41, 5.74) is 27.9. The Morgan fingerprint density at radius 2 is 0.768 bits per heavy atom. The zero-order valence-corrected chi connectivity index (χ0v) is 49.7. The Kier molecular flexibility index (Phi) is 29.0. The molecular formula is C62H105N7. The Balaban J connectivity index is 0. The zero-order chi connectivity index (χ0) is 53.4. The van der Waals surface area contributed by atoms with Gasteiger partial charge >= 0.3 is 0 Å². The van der Waals surface area contributed by atoms with Crippen molar-refractivity contribution in [1.29, 1.82) is 0 Å². The molecule has 0 unspecified atom stereocenters. The average molecular weight is 949 g/mol. The summed E-state index contributed by atoms with van der Waals surface area (Å²) in [5, 5.41) is 3.93. The monoisotopic (exact) mass is 948 g/mol. The molecule has 4 heterocycles. The van der Waals surface area contributed by atoms with Gasteiger partial charge in [-0.1, -0.05) is 97.4 Å². The van der Waals surface area contributed by atoms with Crippen LogP contribution in [0.3, 0.4) is 0 Å². The molecule has 7 heteroatoms. The van der Waals surface area contributed by atoms with E-state index in [1.165, 1.54) is 94.9 Å². The topological polar surface area (TPSA) is 85.2 Å². The van der Waals surface area contributed by atoms with Crippen LogP contribution >= 0.6 is 0 Å². The molecule has 0 fully saturated rings. The van der Waals surface area contributed by atoms with Crippen molar-refractivity contribution in [3.8, 4) is 0 Å². The molecule has 0 aliphatic rings. The van der Waals surface area contributed by atoms with Gasteiger partial charge in [0.05, 0.1) is 11.0 Å². The van der Waals surface area contributed by atoms with E-state index in [0.29, 0.717) is 23.7 Å². The minimum atomic E-state index is 0. The van der Waals surface area contributed by atoms with Gasteiger partial charge in [-0.05, 0) is 225 Å². The van der Waals surface area contributed by atoms with Crippen molar-refractivity contribution in [2.45, 2.75) is 239 Å². The molecule has 388 valence electrons. The molecular weight excluding hydrogens is 843 g/mol. The summed E-state index contributed by atoms with van der Waals surface area (Å²) in [4.78, 5) is 21.4. The van der Waals surface area contributed by atoms with Gasteiger partial charge < -0.3 is 4.98 Å². The largest absolute Gasteiger partial charge is 0.342 e. The number of aromatic amines is 1. The number of aromatic nitrogens is 7. The number of fused-ring (bicyclic) bond motifs is 1. The number of hydrogen-bond donors (Lipinski definition) is 1. The predicted molar refractivity (Wildman–Crippen MR) is 307 cm³/mol. The van der Waals surface area contributed by atoms with E-state index < -0.39 is 0 Å². The SMILES string of the molecule is C.CC.CC(C)C.Cc1c(C)c(C)c(C(C)C)c(C)c1C.Cc1c(C)c(C)c2[nH]c(C(C)C)nc2c1C.Cc1ccnn1C.Cc1nc(C)c(C(C)C)c(C)c1C.Cc1nc(C)c(C(C)C)c(C)n1. The van der Waals surface area contributed by atoms with Crippen LogP contribution in [0.1, 0.15) is 239 Å². The van der Waals surface area contributed by atoms with Gasteiger partial charge in [0.25, 0.3) is 0 Å². The number of nitrogens with zero attached hydrogens (tertiary/aromatic N) is 6. The second kappa shape index (κ2) is 30.2. The fourth-order valence-corrected chi connectivity index (χ4v) is 8.69.